The molecule has 19 heavy (non-hydrogen) atoms. The fourth-order valence-electron chi connectivity index (χ4n) is 2.92. The summed E-state index contributed by atoms with van der Waals surface area (Å²) in [7, 11) is 0. The van der Waals surface area contributed by atoms with Gasteiger partial charge in [-0.25, -0.2) is 0 Å². The molecule has 0 amide bonds. The summed E-state index contributed by atoms with van der Waals surface area (Å²) in [5, 5.41) is 0. The Bertz CT molecular complexity index is 432. The van der Waals surface area contributed by atoms with Crippen molar-refractivity contribution in [1.82, 2.24) is 6.15 Å². The van der Waals surface area contributed by atoms with Gasteiger partial charge in [-0.15, -0.1) is 0 Å². The minimum absolute atomic E-state index is 0. The first-order chi connectivity index (χ1) is 8.93. The van der Waals surface area contributed by atoms with E-state index >= 15 is 0 Å². The van der Waals surface area contributed by atoms with Gasteiger partial charge in [0.05, 0.1) is 0 Å². The van der Waals surface area contributed by atoms with Crippen LogP contribution in [0.1, 0.15) is 25.7 Å². The molecular formula is C18H23N. The molecule has 2 atom stereocenters. The van der Waals surface area contributed by atoms with Crippen LogP contribution in [0, 0.1) is 11.8 Å². The van der Waals surface area contributed by atoms with Crippen LogP contribution in [0.2, 0.25) is 0 Å². The molecule has 2 aliphatic carbocycles. The highest BCUT2D eigenvalue weighted by atomic mass is 14.5. The lowest BCUT2D eigenvalue weighted by Gasteiger charge is -1.98. The Morgan fingerprint density at radius 3 is 1.32 bits per heavy atom. The molecular weight excluding hydrogens is 230 g/mol. The maximum atomic E-state index is 2.12. The minimum atomic E-state index is 0. The van der Waals surface area contributed by atoms with Gasteiger partial charge in [0.15, 0.2) is 0 Å². The fourth-order valence-corrected chi connectivity index (χ4v) is 2.92. The van der Waals surface area contributed by atoms with Crippen LogP contribution in [0.5, 0.6) is 0 Å². The topological polar surface area (TPSA) is 35.0 Å². The van der Waals surface area contributed by atoms with Crippen molar-refractivity contribution in [1.29, 1.82) is 0 Å². The monoisotopic (exact) mass is 253 g/mol. The van der Waals surface area contributed by atoms with Gasteiger partial charge in [0, 0.05) is 0 Å². The number of rotatable bonds is 1. The molecule has 4 rings (SSSR count). The van der Waals surface area contributed by atoms with Crippen LogP contribution in [0.25, 0.3) is 11.1 Å². The third kappa shape index (κ3) is 3.68. The highest BCUT2D eigenvalue weighted by Gasteiger charge is 2.40. The molecule has 0 aliphatic heterocycles. The van der Waals surface area contributed by atoms with Gasteiger partial charge in [-0.3, -0.25) is 0 Å². The van der Waals surface area contributed by atoms with Crippen molar-refractivity contribution < 1.29 is 0 Å². The summed E-state index contributed by atoms with van der Waals surface area (Å²) in [4.78, 5) is 0. The number of hydrogen-bond acceptors (Lipinski definition) is 1. The summed E-state index contributed by atoms with van der Waals surface area (Å²) < 4.78 is 0. The molecule has 0 aromatic heterocycles. The Morgan fingerprint density at radius 1 is 0.632 bits per heavy atom. The van der Waals surface area contributed by atoms with Gasteiger partial charge in [-0.2, -0.15) is 0 Å². The van der Waals surface area contributed by atoms with Crippen LogP contribution in [0.4, 0.5) is 0 Å². The van der Waals surface area contributed by atoms with E-state index in [-0.39, 0.29) is 6.15 Å². The van der Waals surface area contributed by atoms with E-state index in [4.69, 9.17) is 0 Å². The standard InChI is InChI=1S/C12H10.C6H10.H3N/c1-3-7-11(8-4-1)12-9-5-2-6-10-12;1-2-5-4-6(5)3-1;/h1-10H;5-6H,1-4H2;1H3. The van der Waals surface area contributed by atoms with Crippen molar-refractivity contribution in [2.24, 2.45) is 11.8 Å². The molecule has 0 bridgehead atoms. The molecule has 0 radical (unpaired) electrons. The van der Waals surface area contributed by atoms with E-state index in [2.05, 4.69) is 48.5 Å². The van der Waals surface area contributed by atoms with Crippen LogP contribution in [-0.4, -0.2) is 0 Å². The minimum Gasteiger partial charge on any atom is -0.344 e. The second-order valence-corrected chi connectivity index (χ2v) is 5.42. The van der Waals surface area contributed by atoms with Gasteiger partial charge < -0.3 is 6.15 Å². The van der Waals surface area contributed by atoms with E-state index in [0.717, 1.165) is 0 Å². The molecule has 0 heterocycles. The molecule has 3 N–H and O–H groups in total. The Balaban J connectivity index is 0.000000160. The van der Waals surface area contributed by atoms with Crippen LogP contribution in [-0.2, 0) is 0 Å². The summed E-state index contributed by atoms with van der Waals surface area (Å²) in [5.41, 5.74) is 2.55. The number of hydrogen-bond donors (Lipinski definition) is 1. The van der Waals surface area contributed by atoms with Crippen LogP contribution < -0.4 is 6.15 Å². The second-order valence-electron chi connectivity index (χ2n) is 5.42. The van der Waals surface area contributed by atoms with Crippen LogP contribution in [0.3, 0.4) is 0 Å². The largest absolute Gasteiger partial charge is 0.344 e. The highest BCUT2D eigenvalue weighted by Crippen LogP contribution is 2.51. The van der Waals surface area contributed by atoms with Crippen molar-refractivity contribution in [3.05, 3.63) is 60.7 Å². The average Bonchev–Trinajstić information content (AvgIpc) is 3.08. The predicted octanol–water partition coefficient (Wildman–Crippen LogP) is 5.32. The first-order valence-electron chi connectivity index (χ1n) is 7.04. The zero-order valence-corrected chi connectivity index (χ0v) is 11.5. The summed E-state index contributed by atoms with van der Waals surface area (Å²) in [6.45, 7) is 0. The van der Waals surface area contributed by atoms with Gasteiger partial charge in [0.1, 0.15) is 0 Å². The molecule has 2 aromatic rings. The molecule has 1 heteroatoms. The SMILES string of the molecule is C1CC2CC2C1.N.c1ccc(-c2ccccc2)cc1. The third-order valence-electron chi connectivity index (χ3n) is 4.10. The van der Waals surface area contributed by atoms with Crippen LogP contribution >= 0.6 is 0 Å². The van der Waals surface area contributed by atoms with E-state index in [1.54, 1.807) is 19.3 Å². The second kappa shape index (κ2) is 6.53. The molecule has 0 spiro atoms. The van der Waals surface area contributed by atoms with Crippen molar-refractivity contribution in [2.75, 3.05) is 0 Å². The average molecular weight is 253 g/mol. The first kappa shape index (κ1) is 13.8. The number of benzene rings is 2. The lowest BCUT2D eigenvalue weighted by Crippen LogP contribution is -1.73. The van der Waals surface area contributed by atoms with Gasteiger partial charge in [-0.05, 0) is 29.4 Å². The Hall–Kier alpha value is -1.60. The molecule has 2 unspecified atom stereocenters. The molecule has 1 nitrogen and oxygen atoms in total. The maximum absolute atomic E-state index is 2.12. The summed E-state index contributed by atoms with van der Waals surface area (Å²) >= 11 is 0. The van der Waals surface area contributed by atoms with E-state index in [9.17, 15) is 0 Å². The molecule has 2 fully saturated rings. The van der Waals surface area contributed by atoms with Crippen molar-refractivity contribution in [3.63, 3.8) is 0 Å². The van der Waals surface area contributed by atoms with E-state index in [1.807, 2.05) is 12.1 Å². The molecule has 2 aromatic carbocycles. The lowest BCUT2D eigenvalue weighted by atomic mass is 10.1. The number of fused-ring (bicyclic) bond motifs is 1. The third-order valence-corrected chi connectivity index (χ3v) is 4.10. The summed E-state index contributed by atoms with van der Waals surface area (Å²) in [5.74, 6) is 2.43. The maximum Gasteiger partial charge on any atom is -0.0184 e. The van der Waals surface area contributed by atoms with Gasteiger partial charge in [0.25, 0.3) is 0 Å². The molecule has 2 aliphatic rings. The quantitative estimate of drug-likeness (QED) is 0.733. The fraction of sp³-hybridized carbons (Fsp3) is 0.333. The van der Waals surface area contributed by atoms with Gasteiger partial charge in [-0.1, -0.05) is 79.9 Å². The van der Waals surface area contributed by atoms with Crippen molar-refractivity contribution in [3.8, 4) is 11.1 Å². The van der Waals surface area contributed by atoms with E-state index < -0.39 is 0 Å². The first-order valence-corrected chi connectivity index (χ1v) is 7.04. The zero-order chi connectivity index (χ0) is 12.2. The predicted molar refractivity (Wildman–Crippen MR) is 82.3 cm³/mol. The normalized spacial score (nSPS) is 22.5. The van der Waals surface area contributed by atoms with Crippen LogP contribution in [0.15, 0.2) is 60.7 Å². The van der Waals surface area contributed by atoms with Crippen molar-refractivity contribution >= 4 is 0 Å². The Labute approximate surface area is 116 Å². The highest BCUT2D eigenvalue weighted by molar-refractivity contribution is 5.62. The molecule has 100 valence electrons. The molecule has 0 saturated heterocycles. The summed E-state index contributed by atoms with van der Waals surface area (Å²) in [6, 6.07) is 20.8. The lowest BCUT2D eigenvalue weighted by molar-refractivity contribution is 0.735. The van der Waals surface area contributed by atoms with E-state index in [0.29, 0.717) is 0 Å². The van der Waals surface area contributed by atoms with Gasteiger partial charge in [0.2, 0.25) is 0 Å². The van der Waals surface area contributed by atoms with Crippen molar-refractivity contribution in [2.45, 2.75) is 25.7 Å². The summed E-state index contributed by atoms with van der Waals surface area (Å²) in [6.07, 6.45) is 6.24. The Kier molecular flexibility index (Phi) is 4.75. The smallest absolute Gasteiger partial charge is 0.0184 e. The Morgan fingerprint density at radius 2 is 1.05 bits per heavy atom. The molecule has 2 saturated carbocycles. The van der Waals surface area contributed by atoms with E-state index in [1.165, 1.54) is 29.4 Å². The van der Waals surface area contributed by atoms with Gasteiger partial charge >= 0.3 is 0 Å². The zero-order valence-electron chi connectivity index (χ0n) is 11.5.